The molecule has 6 heteroatoms. The highest BCUT2D eigenvalue weighted by molar-refractivity contribution is 6.02. The summed E-state index contributed by atoms with van der Waals surface area (Å²) in [4.78, 5) is 30.3. The molecule has 6 nitrogen and oxygen atoms in total. The third-order valence-electron chi connectivity index (χ3n) is 5.50. The van der Waals surface area contributed by atoms with Crippen LogP contribution in [-0.2, 0) is 10.2 Å². The second-order valence-corrected chi connectivity index (χ2v) is 8.19. The summed E-state index contributed by atoms with van der Waals surface area (Å²) < 4.78 is 0. The smallest absolute Gasteiger partial charge is 0.325 e. The maximum Gasteiger partial charge on any atom is 0.325 e. The lowest BCUT2D eigenvalue weighted by Gasteiger charge is -2.29. The molecule has 0 aromatic heterocycles. The molecule has 2 saturated heterocycles. The number of hydrogen-bond acceptors (Lipinski definition) is 3. The predicted octanol–water partition coefficient (Wildman–Crippen LogP) is 1.79. The van der Waals surface area contributed by atoms with E-state index in [1.807, 2.05) is 12.1 Å². The fourth-order valence-corrected chi connectivity index (χ4v) is 4.31. The number of hydrogen-bond donors (Lipinski definition) is 1. The molecule has 2 aliphatic rings. The second kappa shape index (κ2) is 6.02. The van der Waals surface area contributed by atoms with Crippen molar-refractivity contribution in [1.82, 2.24) is 9.80 Å². The summed E-state index contributed by atoms with van der Waals surface area (Å²) in [5.74, 6) is -0.399. The lowest BCUT2D eigenvalue weighted by Crippen LogP contribution is -2.52. The summed E-state index contributed by atoms with van der Waals surface area (Å²) in [6.07, 6.45) is 1.48. The molecule has 0 spiro atoms. The molecule has 2 N–H and O–H groups in total. The van der Waals surface area contributed by atoms with Crippen molar-refractivity contribution >= 4 is 17.6 Å². The van der Waals surface area contributed by atoms with E-state index in [0.29, 0.717) is 19.5 Å². The van der Waals surface area contributed by atoms with E-state index in [9.17, 15) is 9.59 Å². The van der Waals surface area contributed by atoms with Gasteiger partial charge < -0.3 is 15.5 Å². The zero-order chi connectivity index (χ0) is 18.4. The van der Waals surface area contributed by atoms with Gasteiger partial charge in [0.1, 0.15) is 5.54 Å². The van der Waals surface area contributed by atoms with Crippen molar-refractivity contribution in [3.63, 3.8) is 0 Å². The number of urea groups is 1. The van der Waals surface area contributed by atoms with Gasteiger partial charge in [0.2, 0.25) is 5.91 Å². The van der Waals surface area contributed by atoms with Crippen LogP contribution in [0.4, 0.5) is 10.5 Å². The number of nitrogens with two attached hydrogens (primary N) is 1. The van der Waals surface area contributed by atoms with Gasteiger partial charge in [0.05, 0.1) is 6.54 Å². The van der Waals surface area contributed by atoms with E-state index in [1.54, 1.807) is 9.80 Å². The van der Waals surface area contributed by atoms with E-state index in [4.69, 9.17) is 5.73 Å². The van der Waals surface area contributed by atoms with Crippen LogP contribution in [-0.4, -0.2) is 61.0 Å². The third-order valence-corrected chi connectivity index (χ3v) is 5.50. The van der Waals surface area contributed by atoms with Crippen molar-refractivity contribution in [3.8, 4) is 0 Å². The lowest BCUT2D eigenvalue weighted by atomic mass is 9.84. The molecule has 1 aromatic rings. The minimum atomic E-state index is -0.833. The summed E-state index contributed by atoms with van der Waals surface area (Å²) >= 11 is 0. The van der Waals surface area contributed by atoms with E-state index in [2.05, 4.69) is 45.0 Å². The van der Waals surface area contributed by atoms with Crippen molar-refractivity contribution in [2.75, 3.05) is 38.6 Å². The van der Waals surface area contributed by atoms with Gasteiger partial charge in [-0.25, -0.2) is 4.79 Å². The Morgan fingerprint density at radius 2 is 1.92 bits per heavy atom. The second-order valence-electron chi connectivity index (χ2n) is 8.19. The number of likely N-dealkylation sites (N-methyl/N-ethyl adjacent to an activating group) is 1. The topological polar surface area (TPSA) is 69.9 Å². The van der Waals surface area contributed by atoms with Gasteiger partial charge in [0, 0.05) is 24.2 Å². The summed E-state index contributed by atoms with van der Waals surface area (Å²) in [5.41, 5.74) is 6.87. The highest BCUT2D eigenvalue weighted by Crippen LogP contribution is 2.39. The van der Waals surface area contributed by atoms with Gasteiger partial charge in [-0.3, -0.25) is 9.69 Å². The Bertz CT molecular complexity index is 683. The Hall–Kier alpha value is -2.08. The van der Waals surface area contributed by atoms with Crippen LogP contribution in [0.1, 0.15) is 32.3 Å². The van der Waals surface area contributed by atoms with Crippen LogP contribution in [0.3, 0.4) is 0 Å². The Morgan fingerprint density at radius 1 is 1.28 bits per heavy atom. The molecule has 3 amide bonds. The standard InChI is InChI=1S/C19H28N4O2/c1-18(2,12-21(3)4)14-6-8-15(9-7-14)22-13-19(16(20)24)10-5-11-23(19)17(22)25/h6-9H,5,10-13H2,1-4H3,(H2,20,24)/t19-/m1/s1. The van der Waals surface area contributed by atoms with Crippen molar-refractivity contribution in [2.24, 2.45) is 5.73 Å². The molecule has 2 aliphatic heterocycles. The van der Waals surface area contributed by atoms with Crippen LogP contribution >= 0.6 is 0 Å². The molecule has 2 heterocycles. The van der Waals surface area contributed by atoms with E-state index in [0.717, 1.165) is 18.7 Å². The molecule has 0 bridgehead atoms. The number of amides is 3. The Morgan fingerprint density at radius 3 is 2.44 bits per heavy atom. The Kier molecular flexibility index (Phi) is 4.27. The van der Waals surface area contributed by atoms with Crippen LogP contribution < -0.4 is 10.6 Å². The molecule has 0 aliphatic carbocycles. The SMILES string of the molecule is CN(C)CC(C)(C)c1ccc(N2C[C@@]3(C(N)=O)CCCN3C2=O)cc1. The van der Waals surface area contributed by atoms with Gasteiger partial charge in [0.25, 0.3) is 0 Å². The number of primary amides is 1. The predicted molar refractivity (Wildman–Crippen MR) is 98.6 cm³/mol. The molecule has 0 radical (unpaired) electrons. The Labute approximate surface area is 149 Å². The van der Waals surface area contributed by atoms with Crippen LogP contribution in [0.2, 0.25) is 0 Å². The van der Waals surface area contributed by atoms with Crippen LogP contribution in [0.25, 0.3) is 0 Å². The van der Waals surface area contributed by atoms with Crippen LogP contribution in [0, 0.1) is 0 Å². The zero-order valence-electron chi connectivity index (χ0n) is 15.6. The van der Waals surface area contributed by atoms with Gasteiger partial charge in [-0.1, -0.05) is 26.0 Å². The molecule has 2 fully saturated rings. The summed E-state index contributed by atoms with van der Waals surface area (Å²) in [6.45, 7) is 6.31. The fraction of sp³-hybridized carbons (Fsp3) is 0.579. The number of benzene rings is 1. The van der Waals surface area contributed by atoms with Gasteiger partial charge in [-0.05, 0) is 44.6 Å². The molecule has 0 saturated carbocycles. The first kappa shape index (κ1) is 17.7. The number of fused-ring (bicyclic) bond motifs is 1. The van der Waals surface area contributed by atoms with Crippen molar-refractivity contribution in [3.05, 3.63) is 29.8 Å². The number of nitrogens with zero attached hydrogens (tertiary/aromatic N) is 3. The van der Waals surface area contributed by atoms with E-state index in [-0.39, 0.29) is 11.4 Å². The molecule has 3 rings (SSSR count). The van der Waals surface area contributed by atoms with Crippen LogP contribution in [0.5, 0.6) is 0 Å². The van der Waals surface area contributed by atoms with Crippen molar-refractivity contribution < 1.29 is 9.59 Å². The molecular formula is C19H28N4O2. The van der Waals surface area contributed by atoms with Crippen molar-refractivity contribution in [1.29, 1.82) is 0 Å². The molecular weight excluding hydrogens is 316 g/mol. The van der Waals surface area contributed by atoms with Gasteiger partial charge >= 0.3 is 6.03 Å². The van der Waals surface area contributed by atoms with Crippen molar-refractivity contribution in [2.45, 2.75) is 37.6 Å². The number of carbonyl (C=O) groups is 2. The molecule has 136 valence electrons. The molecule has 25 heavy (non-hydrogen) atoms. The molecule has 1 aromatic carbocycles. The quantitative estimate of drug-likeness (QED) is 0.885. The minimum absolute atomic E-state index is 0.0193. The number of rotatable bonds is 5. The highest BCUT2D eigenvalue weighted by atomic mass is 16.2. The highest BCUT2D eigenvalue weighted by Gasteiger charge is 2.56. The molecule has 1 atom stereocenters. The van der Waals surface area contributed by atoms with Gasteiger partial charge in [-0.15, -0.1) is 0 Å². The summed E-state index contributed by atoms with van der Waals surface area (Å²) in [6, 6.07) is 7.98. The van der Waals surface area contributed by atoms with E-state index in [1.165, 1.54) is 5.56 Å². The first-order valence-electron chi connectivity index (χ1n) is 8.82. The van der Waals surface area contributed by atoms with E-state index >= 15 is 0 Å². The van der Waals surface area contributed by atoms with E-state index < -0.39 is 11.4 Å². The first-order valence-corrected chi connectivity index (χ1v) is 8.82. The number of carbonyl (C=O) groups excluding carboxylic acids is 2. The van der Waals surface area contributed by atoms with Crippen LogP contribution in [0.15, 0.2) is 24.3 Å². The lowest BCUT2D eigenvalue weighted by molar-refractivity contribution is -0.125. The third kappa shape index (κ3) is 2.88. The minimum Gasteiger partial charge on any atom is -0.368 e. The zero-order valence-corrected chi connectivity index (χ0v) is 15.6. The maximum absolute atomic E-state index is 12.8. The average Bonchev–Trinajstić information content (AvgIpc) is 3.06. The largest absolute Gasteiger partial charge is 0.368 e. The Balaban J connectivity index is 1.84. The molecule has 0 unspecified atom stereocenters. The monoisotopic (exact) mass is 344 g/mol. The average molecular weight is 344 g/mol. The fourth-order valence-electron chi connectivity index (χ4n) is 4.31. The number of anilines is 1. The summed E-state index contributed by atoms with van der Waals surface area (Å²) in [5, 5.41) is 0. The normalized spacial score (nSPS) is 23.5. The van der Waals surface area contributed by atoms with Gasteiger partial charge in [-0.2, -0.15) is 0 Å². The van der Waals surface area contributed by atoms with Gasteiger partial charge in [0.15, 0.2) is 0 Å². The summed E-state index contributed by atoms with van der Waals surface area (Å²) in [7, 11) is 4.13. The maximum atomic E-state index is 12.8. The first-order chi connectivity index (χ1) is 11.7.